The molecular formula is C14H16N2O4S. The molecule has 21 heavy (non-hydrogen) atoms. The van der Waals surface area contributed by atoms with Crippen LogP contribution in [-0.4, -0.2) is 27.8 Å². The quantitative estimate of drug-likeness (QED) is 0.908. The summed E-state index contributed by atoms with van der Waals surface area (Å²) in [7, 11) is 0. The highest BCUT2D eigenvalue weighted by molar-refractivity contribution is 7.22. The van der Waals surface area contributed by atoms with E-state index in [1.54, 1.807) is 39.0 Å². The second kappa shape index (κ2) is 5.69. The number of rotatable bonds is 3. The Kier molecular flexibility index (Phi) is 4.13. The van der Waals surface area contributed by atoms with Crippen LogP contribution in [0.15, 0.2) is 18.2 Å². The lowest BCUT2D eigenvalue weighted by Crippen LogP contribution is -2.27. The predicted molar refractivity (Wildman–Crippen MR) is 80.8 cm³/mol. The van der Waals surface area contributed by atoms with Crippen molar-refractivity contribution in [2.45, 2.75) is 32.8 Å². The molecule has 112 valence electrons. The van der Waals surface area contributed by atoms with Crippen LogP contribution in [0.5, 0.6) is 0 Å². The lowest BCUT2D eigenvalue weighted by Gasteiger charge is -2.18. The average molecular weight is 308 g/mol. The normalized spacial score (nSPS) is 11.4. The Morgan fingerprint density at radius 3 is 2.71 bits per heavy atom. The number of carbonyl (C=O) groups excluding carboxylic acids is 1. The molecule has 0 unspecified atom stereocenters. The van der Waals surface area contributed by atoms with Gasteiger partial charge in [0, 0.05) is 0 Å². The molecule has 6 nitrogen and oxygen atoms in total. The molecule has 0 radical (unpaired) electrons. The molecule has 1 aromatic carbocycles. The van der Waals surface area contributed by atoms with Crippen molar-refractivity contribution >= 4 is 38.7 Å². The van der Waals surface area contributed by atoms with Crippen molar-refractivity contribution in [1.82, 2.24) is 4.98 Å². The van der Waals surface area contributed by atoms with Gasteiger partial charge in [-0.15, -0.1) is 0 Å². The lowest BCUT2D eigenvalue weighted by atomic mass is 10.1. The van der Waals surface area contributed by atoms with Gasteiger partial charge in [-0.1, -0.05) is 17.4 Å². The minimum absolute atomic E-state index is 0.0390. The van der Waals surface area contributed by atoms with Crippen molar-refractivity contribution in [2.75, 3.05) is 5.32 Å². The van der Waals surface area contributed by atoms with Crippen molar-refractivity contribution in [3.63, 3.8) is 0 Å². The Morgan fingerprint density at radius 1 is 1.38 bits per heavy atom. The summed E-state index contributed by atoms with van der Waals surface area (Å²) >= 11 is 1.28. The number of carboxylic acids is 1. The fourth-order valence-electron chi connectivity index (χ4n) is 1.70. The number of amides is 1. The fraction of sp³-hybridized carbons (Fsp3) is 0.357. The molecule has 1 amide bonds. The van der Waals surface area contributed by atoms with Gasteiger partial charge in [0.15, 0.2) is 5.13 Å². The van der Waals surface area contributed by atoms with Gasteiger partial charge in [0.05, 0.1) is 16.6 Å². The van der Waals surface area contributed by atoms with Crippen molar-refractivity contribution in [1.29, 1.82) is 0 Å². The van der Waals surface area contributed by atoms with E-state index in [1.807, 2.05) is 0 Å². The van der Waals surface area contributed by atoms with Crippen LogP contribution >= 0.6 is 11.3 Å². The van der Waals surface area contributed by atoms with Gasteiger partial charge in [-0.05, 0) is 38.5 Å². The van der Waals surface area contributed by atoms with E-state index in [2.05, 4.69) is 10.3 Å². The standard InChI is InChI=1S/C14H16N2O4S/c1-14(2,3)20-13(19)16-12-15-9-5-4-8(7-11(17)18)6-10(9)21-12/h4-6H,7H2,1-3H3,(H,17,18)(H,15,16,19). The van der Waals surface area contributed by atoms with Gasteiger partial charge in [-0.2, -0.15) is 0 Å². The molecule has 0 aliphatic heterocycles. The third-order valence-electron chi connectivity index (χ3n) is 2.42. The minimum Gasteiger partial charge on any atom is -0.481 e. The second-order valence-corrected chi connectivity index (χ2v) is 6.55. The summed E-state index contributed by atoms with van der Waals surface area (Å²) in [5.74, 6) is -0.883. The first-order valence-corrected chi connectivity index (χ1v) is 7.16. The number of carboxylic acid groups (broad SMARTS) is 1. The number of hydrogen-bond donors (Lipinski definition) is 2. The lowest BCUT2D eigenvalue weighted by molar-refractivity contribution is -0.136. The fourth-order valence-corrected chi connectivity index (χ4v) is 2.61. The molecule has 7 heteroatoms. The van der Waals surface area contributed by atoms with Crippen molar-refractivity contribution in [3.8, 4) is 0 Å². The topological polar surface area (TPSA) is 88.5 Å². The number of hydrogen-bond acceptors (Lipinski definition) is 5. The Balaban J connectivity index is 2.15. The molecular weight excluding hydrogens is 292 g/mol. The Bertz CT molecular complexity index is 688. The van der Waals surface area contributed by atoms with E-state index in [1.165, 1.54) is 11.3 Å². The summed E-state index contributed by atoms with van der Waals surface area (Å²) in [6.45, 7) is 5.34. The third-order valence-corrected chi connectivity index (χ3v) is 3.35. The molecule has 0 fully saturated rings. The molecule has 0 aliphatic carbocycles. The maximum Gasteiger partial charge on any atom is 0.413 e. The van der Waals surface area contributed by atoms with E-state index in [0.29, 0.717) is 16.2 Å². The zero-order valence-corrected chi connectivity index (χ0v) is 12.8. The maximum atomic E-state index is 11.7. The monoisotopic (exact) mass is 308 g/mol. The highest BCUT2D eigenvalue weighted by Gasteiger charge is 2.17. The summed E-state index contributed by atoms with van der Waals surface area (Å²) in [4.78, 5) is 26.6. The second-order valence-electron chi connectivity index (χ2n) is 5.52. The molecule has 0 saturated carbocycles. The van der Waals surface area contributed by atoms with Gasteiger partial charge in [-0.25, -0.2) is 9.78 Å². The summed E-state index contributed by atoms with van der Waals surface area (Å²) in [6.07, 6.45) is -0.602. The number of nitrogens with one attached hydrogen (secondary N) is 1. The smallest absolute Gasteiger partial charge is 0.413 e. The van der Waals surface area contributed by atoms with Gasteiger partial charge in [-0.3, -0.25) is 10.1 Å². The Labute approximate surface area is 125 Å². The van der Waals surface area contributed by atoms with Gasteiger partial charge in [0.25, 0.3) is 0 Å². The number of thiazole rings is 1. The van der Waals surface area contributed by atoms with E-state index in [-0.39, 0.29) is 6.42 Å². The summed E-state index contributed by atoms with van der Waals surface area (Å²) in [5.41, 5.74) is 0.831. The molecule has 0 spiro atoms. The molecule has 1 heterocycles. The number of aromatic nitrogens is 1. The third kappa shape index (κ3) is 4.42. The first-order chi connectivity index (χ1) is 9.73. The minimum atomic E-state index is -0.883. The van der Waals surface area contributed by atoms with Crippen LogP contribution in [-0.2, 0) is 16.0 Å². The maximum absolute atomic E-state index is 11.7. The van der Waals surface area contributed by atoms with E-state index in [4.69, 9.17) is 9.84 Å². The highest BCUT2D eigenvalue weighted by atomic mass is 32.1. The zero-order valence-electron chi connectivity index (χ0n) is 12.0. The Morgan fingerprint density at radius 2 is 2.10 bits per heavy atom. The summed E-state index contributed by atoms with van der Waals surface area (Å²) in [5, 5.41) is 11.8. The van der Waals surface area contributed by atoms with Gasteiger partial charge in [0.2, 0.25) is 0 Å². The van der Waals surface area contributed by atoms with Crippen LogP contribution in [0.1, 0.15) is 26.3 Å². The molecule has 0 aliphatic rings. The molecule has 2 N–H and O–H groups in total. The number of benzene rings is 1. The van der Waals surface area contributed by atoms with Crippen LogP contribution in [0.25, 0.3) is 10.2 Å². The van der Waals surface area contributed by atoms with Crippen molar-refractivity contribution < 1.29 is 19.4 Å². The van der Waals surface area contributed by atoms with Crippen LogP contribution < -0.4 is 5.32 Å². The first-order valence-electron chi connectivity index (χ1n) is 6.34. The van der Waals surface area contributed by atoms with E-state index < -0.39 is 17.7 Å². The number of ether oxygens (including phenoxy) is 1. The van der Waals surface area contributed by atoms with E-state index >= 15 is 0 Å². The SMILES string of the molecule is CC(C)(C)OC(=O)Nc1nc2ccc(CC(=O)O)cc2s1. The molecule has 1 aromatic heterocycles. The van der Waals surface area contributed by atoms with Gasteiger partial charge < -0.3 is 9.84 Å². The number of aliphatic carboxylic acids is 1. The number of anilines is 1. The van der Waals surface area contributed by atoms with Crippen LogP contribution in [0.3, 0.4) is 0 Å². The number of fused-ring (bicyclic) bond motifs is 1. The zero-order chi connectivity index (χ0) is 15.6. The van der Waals surface area contributed by atoms with Crippen LogP contribution in [0.4, 0.5) is 9.93 Å². The average Bonchev–Trinajstić information content (AvgIpc) is 2.66. The molecule has 0 bridgehead atoms. The molecule has 0 saturated heterocycles. The van der Waals surface area contributed by atoms with E-state index in [0.717, 1.165) is 4.70 Å². The van der Waals surface area contributed by atoms with E-state index in [9.17, 15) is 9.59 Å². The van der Waals surface area contributed by atoms with Crippen LogP contribution in [0.2, 0.25) is 0 Å². The molecule has 2 aromatic rings. The van der Waals surface area contributed by atoms with Gasteiger partial charge >= 0.3 is 12.1 Å². The van der Waals surface area contributed by atoms with Crippen molar-refractivity contribution in [2.24, 2.45) is 0 Å². The predicted octanol–water partition coefficient (Wildman–Crippen LogP) is 3.27. The largest absolute Gasteiger partial charge is 0.481 e. The van der Waals surface area contributed by atoms with Gasteiger partial charge in [0.1, 0.15) is 5.60 Å². The summed E-state index contributed by atoms with van der Waals surface area (Å²) < 4.78 is 5.97. The first kappa shape index (κ1) is 15.2. The number of nitrogens with zero attached hydrogens (tertiary/aromatic N) is 1. The van der Waals surface area contributed by atoms with Crippen molar-refractivity contribution in [3.05, 3.63) is 23.8 Å². The Hall–Kier alpha value is -2.15. The molecule has 2 rings (SSSR count). The highest BCUT2D eigenvalue weighted by Crippen LogP contribution is 2.27. The number of carbonyl (C=O) groups is 2. The summed E-state index contributed by atoms with van der Waals surface area (Å²) in [6, 6.07) is 5.22. The van der Waals surface area contributed by atoms with Crippen LogP contribution in [0, 0.1) is 0 Å². The molecule has 0 atom stereocenters.